The third-order valence-corrected chi connectivity index (χ3v) is 3.00. The van der Waals surface area contributed by atoms with Gasteiger partial charge < -0.3 is 5.32 Å². The van der Waals surface area contributed by atoms with Crippen LogP contribution in [0.15, 0.2) is 41.5 Å². The Hall–Kier alpha value is -2.70. The van der Waals surface area contributed by atoms with Crippen molar-refractivity contribution in [2.24, 2.45) is 0 Å². The molecule has 0 radical (unpaired) electrons. The minimum atomic E-state index is -0.423. The summed E-state index contributed by atoms with van der Waals surface area (Å²) in [4.78, 5) is 26.1. The molecule has 0 spiro atoms. The molecule has 0 aliphatic heterocycles. The predicted octanol–water partition coefficient (Wildman–Crippen LogP) is 2.02. The molecule has 2 rings (SSSR count). The fourth-order valence-electron chi connectivity index (χ4n) is 2.02. The number of nitrogens with zero attached hydrogens (tertiary/aromatic N) is 3. The average Bonchev–Trinajstić information content (AvgIpc) is 2.48. The van der Waals surface area contributed by atoms with Crippen LogP contribution in [0.3, 0.4) is 0 Å². The molecule has 0 aliphatic carbocycles. The summed E-state index contributed by atoms with van der Waals surface area (Å²) in [5, 5.41) is 14.2. The van der Waals surface area contributed by atoms with Gasteiger partial charge in [-0.05, 0) is 12.5 Å². The summed E-state index contributed by atoms with van der Waals surface area (Å²) in [5.41, 5.74) is 0.774. The third kappa shape index (κ3) is 3.44. The number of benzene rings is 1. The van der Waals surface area contributed by atoms with Gasteiger partial charge in [0.2, 0.25) is 0 Å². The van der Waals surface area contributed by atoms with Crippen LogP contribution in [0.1, 0.15) is 18.9 Å². The van der Waals surface area contributed by atoms with Crippen molar-refractivity contribution in [3.8, 4) is 0 Å². The van der Waals surface area contributed by atoms with E-state index >= 15 is 0 Å². The molecule has 1 heterocycles. The standard InChI is InChI=1S/C14H16N4O3/c1-2-7-15-13-11(5-3-6-12(13)18(20)21)10-17-9-4-8-16-14(17)19/h3-6,8-9,15H,2,7,10H2,1H3. The van der Waals surface area contributed by atoms with Gasteiger partial charge in [0, 0.05) is 30.6 Å². The normalized spacial score (nSPS) is 10.3. The van der Waals surface area contributed by atoms with Crippen LogP contribution in [0.2, 0.25) is 0 Å². The molecule has 0 amide bonds. The van der Waals surface area contributed by atoms with Crippen LogP contribution >= 0.6 is 0 Å². The highest BCUT2D eigenvalue weighted by Gasteiger charge is 2.17. The Morgan fingerprint density at radius 3 is 2.86 bits per heavy atom. The Bertz CT molecular complexity index is 697. The van der Waals surface area contributed by atoms with Gasteiger partial charge in [-0.2, -0.15) is 0 Å². The molecule has 0 unspecified atom stereocenters. The van der Waals surface area contributed by atoms with E-state index in [1.54, 1.807) is 24.4 Å². The quantitative estimate of drug-likeness (QED) is 0.648. The second-order valence-electron chi connectivity index (χ2n) is 4.53. The van der Waals surface area contributed by atoms with Gasteiger partial charge in [-0.15, -0.1) is 0 Å². The number of nitro benzene ring substituents is 1. The number of anilines is 1. The van der Waals surface area contributed by atoms with Crippen molar-refractivity contribution < 1.29 is 4.92 Å². The van der Waals surface area contributed by atoms with Gasteiger partial charge in [-0.3, -0.25) is 14.7 Å². The van der Waals surface area contributed by atoms with Crippen molar-refractivity contribution in [2.75, 3.05) is 11.9 Å². The van der Waals surface area contributed by atoms with Gasteiger partial charge in [0.05, 0.1) is 11.5 Å². The summed E-state index contributed by atoms with van der Waals surface area (Å²) in [6.45, 7) is 2.84. The predicted molar refractivity (Wildman–Crippen MR) is 79.5 cm³/mol. The first-order valence-corrected chi connectivity index (χ1v) is 6.65. The Labute approximate surface area is 121 Å². The summed E-state index contributed by atoms with van der Waals surface area (Å²) < 4.78 is 1.41. The van der Waals surface area contributed by atoms with Crippen molar-refractivity contribution in [1.29, 1.82) is 0 Å². The van der Waals surface area contributed by atoms with Gasteiger partial charge in [0.25, 0.3) is 5.69 Å². The van der Waals surface area contributed by atoms with Gasteiger partial charge in [-0.25, -0.2) is 9.78 Å². The van der Waals surface area contributed by atoms with Crippen molar-refractivity contribution in [3.05, 3.63) is 62.8 Å². The van der Waals surface area contributed by atoms with Crippen LogP contribution in [0.25, 0.3) is 0 Å². The molecule has 21 heavy (non-hydrogen) atoms. The molecule has 0 aliphatic rings. The van der Waals surface area contributed by atoms with E-state index < -0.39 is 4.92 Å². The molecule has 0 saturated carbocycles. The molecule has 7 heteroatoms. The Balaban J connectivity index is 2.42. The number of nitrogens with one attached hydrogen (secondary N) is 1. The van der Waals surface area contributed by atoms with E-state index in [0.717, 1.165) is 6.42 Å². The number of hydrogen-bond donors (Lipinski definition) is 1. The SMILES string of the molecule is CCCNc1c(Cn2cccnc2=O)cccc1[N+](=O)[O-]. The number of hydrogen-bond acceptors (Lipinski definition) is 5. The van der Waals surface area contributed by atoms with E-state index in [1.807, 2.05) is 6.92 Å². The van der Waals surface area contributed by atoms with E-state index in [-0.39, 0.29) is 17.9 Å². The van der Waals surface area contributed by atoms with Crippen LogP contribution in [-0.2, 0) is 6.54 Å². The minimum Gasteiger partial charge on any atom is -0.379 e. The zero-order valence-electron chi connectivity index (χ0n) is 11.7. The summed E-state index contributed by atoms with van der Waals surface area (Å²) in [5.74, 6) is 0. The van der Waals surface area contributed by atoms with Crippen molar-refractivity contribution in [1.82, 2.24) is 9.55 Å². The smallest absolute Gasteiger partial charge is 0.347 e. The first kappa shape index (κ1) is 14.7. The zero-order valence-corrected chi connectivity index (χ0v) is 11.7. The number of rotatable bonds is 6. The van der Waals surface area contributed by atoms with E-state index in [1.165, 1.54) is 16.8 Å². The van der Waals surface area contributed by atoms with E-state index in [0.29, 0.717) is 17.8 Å². The van der Waals surface area contributed by atoms with Gasteiger partial charge >= 0.3 is 5.69 Å². The third-order valence-electron chi connectivity index (χ3n) is 3.00. The lowest BCUT2D eigenvalue weighted by Gasteiger charge is -2.12. The van der Waals surface area contributed by atoms with Crippen molar-refractivity contribution in [2.45, 2.75) is 19.9 Å². The monoisotopic (exact) mass is 288 g/mol. The minimum absolute atomic E-state index is 0.0119. The van der Waals surface area contributed by atoms with Crippen LogP contribution in [0.5, 0.6) is 0 Å². The highest BCUT2D eigenvalue weighted by Crippen LogP contribution is 2.28. The molecule has 110 valence electrons. The Kier molecular flexibility index (Phi) is 4.65. The first-order valence-electron chi connectivity index (χ1n) is 6.65. The van der Waals surface area contributed by atoms with Crippen LogP contribution in [0, 0.1) is 10.1 Å². The number of aromatic nitrogens is 2. The lowest BCUT2D eigenvalue weighted by Crippen LogP contribution is -2.22. The Morgan fingerprint density at radius 2 is 2.19 bits per heavy atom. The Morgan fingerprint density at radius 1 is 1.38 bits per heavy atom. The molecular weight excluding hydrogens is 272 g/mol. The second-order valence-corrected chi connectivity index (χ2v) is 4.53. The second kappa shape index (κ2) is 6.65. The van der Waals surface area contributed by atoms with E-state index in [2.05, 4.69) is 10.3 Å². The average molecular weight is 288 g/mol. The molecule has 2 aromatic rings. The van der Waals surface area contributed by atoms with Crippen LogP contribution in [0.4, 0.5) is 11.4 Å². The van der Waals surface area contributed by atoms with Crippen molar-refractivity contribution in [3.63, 3.8) is 0 Å². The molecule has 1 aromatic carbocycles. The summed E-state index contributed by atoms with van der Waals surface area (Å²) in [7, 11) is 0. The maximum absolute atomic E-state index is 11.7. The van der Waals surface area contributed by atoms with Crippen LogP contribution in [-0.4, -0.2) is 21.0 Å². The summed E-state index contributed by atoms with van der Waals surface area (Å²) in [6.07, 6.45) is 3.87. The maximum Gasteiger partial charge on any atom is 0.347 e. The fourth-order valence-corrected chi connectivity index (χ4v) is 2.02. The molecule has 7 nitrogen and oxygen atoms in total. The summed E-state index contributed by atoms with van der Waals surface area (Å²) >= 11 is 0. The molecule has 1 aromatic heterocycles. The topological polar surface area (TPSA) is 90.1 Å². The van der Waals surface area contributed by atoms with Crippen molar-refractivity contribution >= 4 is 11.4 Å². The molecule has 0 bridgehead atoms. The van der Waals surface area contributed by atoms with Gasteiger partial charge in [0.1, 0.15) is 5.69 Å². The largest absolute Gasteiger partial charge is 0.379 e. The maximum atomic E-state index is 11.7. The molecule has 1 N–H and O–H groups in total. The first-order chi connectivity index (χ1) is 10.1. The molecule has 0 atom stereocenters. The highest BCUT2D eigenvalue weighted by atomic mass is 16.6. The zero-order chi connectivity index (χ0) is 15.2. The van der Waals surface area contributed by atoms with E-state index in [9.17, 15) is 14.9 Å². The van der Waals surface area contributed by atoms with Crippen LogP contribution < -0.4 is 11.0 Å². The number of nitro groups is 1. The molecule has 0 fully saturated rings. The fraction of sp³-hybridized carbons (Fsp3) is 0.286. The summed E-state index contributed by atoms with van der Waals surface area (Å²) in [6, 6.07) is 6.49. The van der Waals surface area contributed by atoms with E-state index in [4.69, 9.17) is 0 Å². The number of para-hydroxylation sites is 1. The lowest BCUT2D eigenvalue weighted by atomic mass is 10.1. The van der Waals surface area contributed by atoms with Gasteiger partial charge in [0.15, 0.2) is 0 Å². The van der Waals surface area contributed by atoms with Gasteiger partial charge in [-0.1, -0.05) is 19.1 Å². The molecule has 0 saturated heterocycles. The lowest BCUT2D eigenvalue weighted by molar-refractivity contribution is -0.384. The molecular formula is C14H16N4O3. The highest BCUT2D eigenvalue weighted by molar-refractivity contribution is 5.66.